The van der Waals surface area contributed by atoms with Gasteiger partial charge in [-0.25, -0.2) is 4.79 Å². The molecule has 0 amide bonds. The number of rotatable bonds is 8. The molecule has 0 bridgehead atoms. The molecule has 2 aromatic heterocycles. The van der Waals surface area contributed by atoms with E-state index in [1.165, 1.54) is 9.13 Å². The van der Waals surface area contributed by atoms with Gasteiger partial charge >= 0.3 is 35.2 Å². The van der Waals surface area contributed by atoms with Crippen molar-refractivity contribution in [2.75, 3.05) is 0 Å². The van der Waals surface area contributed by atoms with Crippen LogP contribution in [0.2, 0.25) is 15.3 Å². The van der Waals surface area contributed by atoms with Gasteiger partial charge in [0.05, 0.1) is 0 Å². The summed E-state index contributed by atoms with van der Waals surface area (Å²) in [4.78, 5) is 33.8. The van der Waals surface area contributed by atoms with Crippen molar-refractivity contribution in [2.24, 2.45) is 0 Å². The molecule has 0 spiro atoms. The van der Waals surface area contributed by atoms with Gasteiger partial charge in [0.1, 0.15) is 0 Å². The molecule has 6 nitrogen and oxygen atoms in total. The number of unbranched alkanes of at least 4 members (excludes halogenated alkanes) is 2. The zero-order valence-electron chi connectivity index (χ0n) is 16.4. The van der Waals surface area contributed by atoms with Crippen LogP contribution in [-0.2, 0) is 19.5 Å². The number of aryl methyl sites for hydroxylation is 1. The van der Waals surface area contributed by atoms with Crippen LogP contribution < -0.4 is 45.8 Å². The minimum atomic E-state index is -0.476. The Morgan fingerprint density at radius 1 is 1.00 bits per heavy atom. The zero-order valence-corrected chi connectivity index (χ0v) is 20.7. The van der Waals surface area contributed by atoms with E-state index in [0.717, 1.165) is 24.8 Å². The van der Waals surface area contributed by atoms with Crippen molar-refractivity contribution in [1.29, 1.82) is 0 Å². The van der Waals surface area contributed by atoms with Crippen molar-refractivity contribution in [3.05, 3.63) is 59.9 Å². The number of hydrogen-bond acceptors (Lipinski definition) is 3. The summed E-state index contributed by atoms with van der Waals surface area (Å²) in [7, 11) is 0. The molecular weight excluding hydrogens is 446 g/mol. The molecule has 29 heavy (non-hydrogen) atoms. The third kappa shape index (κ3) is 5.49. The van der Waals surface area contributed by atoms with E-state index in [1.54, 1.807) is 18.2 Å². The van der Waals surface area contributed by atoms with E-state index in [1.807, 2.05) is 0 Å². The predicted molar refractivity (Wildman–Crippen MR) is 113 cm³/mol. The predicted octanol–water partition coefficient (Wildman–Crippen LogP) is 1.30. The first-order chi connectivity index (χ1) is 13.4. The van der Waals surface area contributed by atoms with Crippen molar-refractivity contribution < 1.29 is 29.6 Å². The first kappa shape index (κ1) is 24.5. The molecule has 0 saturated heterocycles. The Morgan fingerprint density at radius 2 is 1.66 bits per heavy atom. The van der Waals surface area contributed by atoms with E-state index in [0.29, 0.717) is 29.4 Å². The van der Waals surface area contributed by atoms with Crippen LogP contribution in [0.4, 0.5) is 0 Å². The number of benzene rings is 1. The molecule has 0 saturated carbocycles. The van der Waals surface area contributed by atoms with Crippen LogP contribution in [0.5, 0.6) is 0 Å². The van der Waals surface area contributed by atoms with Crippen LogP contribution in [0.15, 0.2) is 27.8 Å². The van der Waals surface area contributed by atoms with Crippen molar-refractivity contribution in [3.63, 3.8) is 0 Å². The molecule has 0 fully saturated rings. The van der Waals surface area contributed by atoms with Crippen LogP contribution in [-0.4, -0.2) is 14.1 Å². The van der Waals surface area contributed by atoms with Crippen LogP contribution in [0.25, 0.3) is 11.2 Å². The maximum atomic E-state index is 12.9. The third-order valence-electron chi connectivity index (χ3n) is 4.63. The van der Waals surface area contributed by atoms with Gasteiger partial charge in [-0.05, 0) is 37.0 Å². The number of halogens is 3. The van der Waals surface area contributed by atoms with Crippen molar-refractivity contribution in [2.45, 2.75) is 52.1 Å². The summed E-state index contributed by atoms with van der Waals surface area (Å²) in [5, 5.41) is 1.11. The van der Waals surface area contributed by atoms with Crippen molar-refractivity contribution in [1.82, 2.24) is 19.1 Å². The number of imidazole rings is 1. The normalized spacial score (nSPS) is 11.0. The maximum absolute atomic E-state index is 12.9. The summed E-state index contributed by atoms with van der Waals surface area (Å²) in [5.41, 5.74) is 0.310. The summed E-state index contributed by atoms with van der Waals surface area (Å²) in [6.45, 7) is 2.78. The second kappa shape index (κ2) is 11.0. The van der Waals surface area contributed by atoms with Crippen molar-refractivity contribution in [3.8, 4) is 0 Å². The van der Waals surface area contributed by atoms with E-state index in [9.17, 15) is 9.59 Å². The summed E-state index contributed by atoms with van der Waals surface area (Å²) in [5.74, 6) is 0. The number of hydrogen-bond donors (Lipinski definition) is 0. The topological polar surface area (TPSA) is 71.0 Å². The summed E-state index contributed by atoms with van der Waals surface area (Å²) < 4.78 is 2.69. The van der Waals surface area contributed by atoms with Gasteiger partial charge in [-0.2, -0.15) is 0 Å². The smallest absolute Gasteiger partial charge is 0.420 e. The van der Waals surface area contributed by atoms with E-state index >= 15 is 0 Å². The fourth-order valence-corrected chi connectivity index (χ4v) is 3.95. The Bertz CT molecular complexity index is 1090. The summed E-state index contributed by atoms with van der Waals surface area (Å²) in [6.07, 6.45) is 3.87. The van der Waals surface area contributed by atoms with Gasteiger partial charge in [0.25, 0.3) is 5.56 Å². The minimum absolute atomic E-state index is 0. The van der Waals surface area contributed by atoms with Crippen LogP contribution in [0, 0.1) is 0 Å². The molecule has 0 unspecified atom stereocenters. The molecular formula is C19H20Cl3N4NaO2. The molecule has 150 valence electrons. The standard InChI is InChI=1S/C19H21Cl3N4O2.Na/c1-2-3-4-10-25-16-15(23-18(22)24-16)17(27)26(19(25)28)11-6-7-12-13(20)8-5-9-14(12)21;/h5,8-9H,2-4,6-7,10-11H2,1H3,(H,23,24,27);/q;+1/p-1. The Morgan fingerprint density at radius 3 is 2.31 bits per heavy atom. The van der Waals surface area contributed by atoms with Gasteiger partial charge in [0.15, 0.2) is 0 Å². The van der Waals surface area contributed by atoms with E-state index < -0.39 is 11.2 Å². The minimum Gasteiger partial charge on any atom is -0.420 e. The largest absolute Gasteiger partial charge is 1.00 e. The van der Waals surface area contributed by atoms with Gasteiger partial charge in [-0.1, -0.05) is 60.6 Å². The second-order valence-electron chi connectivity index (χ2n) is 6.57. The van der Waals surface area contributed by atoms with Gasteiger partial charge in [0.2, 0.25) is 0 Å². The van der Waals surface area contributed by atoms with Gasteiger partial charge in [-0.15, -0.1) is 0 Å². The molecule has 0 aliphatic heterocycles. The molecule has 3 rings (SSSR count). The Balaban J connectivity index is 0.00000300. The van der Waals surface area contributed by atoms with Gasteiger partial charge < -0.3 is 9.97 Å². The maximum Gasteiger partial charge on any atom is 1.00 e. The monoisotopic (exact) mass is 464 g/mol. The van der Waals surface area contributed by atoms with Crippen LogP contribution in [0.1, 0.15) is 38.2 Å². The fourth-order valence-electron chi connectivity index (χ4n) is 3.19. The average Bonchev–Trinajstić information content (AvgIpc) is 3.04. The first-order valence-corrected chi connectivity index (χ1v) is 10.3. The molecule has 10 heteroatoms. The van der Waals surface area contributed by atoms with Crippen molar-refractivity contribution >= 4 is 46.0 Å². The van der Waals surface area contributed by atoms with Gasteiger partial charge in [0, 0.05) is 39.6 Å². The van der Waals surface area contributed by atoms with E-state index in [4.69, 9.17) is 34.8 Å². The Labute approximate surface area is 205 Å². The average molecular weight is 466 g/mol. The van der Waals surface area contributed by atoms with Crippen LogP contribution in [0.3, 0.4) is 0 Å². The summed E-state index contributed by atoms with van der Waals surface area (Å²) >= 11 is 18.3. The van der Waals surface area contributed by atoms with Crippen LogP contribution >= 0.6 is 34.8 Å². The molecule has 1 aromatic carbocycles. The Hall–Kier alpha value is -0.760. The second-order valence-corrected chi connectivity index (χ2v) is 7.72. The molecule has 0 radical (unpaired) electrons. The molecule has 0 atom stereocenters. The Kier molecular flexibility index (Phi) is 9.32. The SMILES string of the molecule is CCCCCn1c(=O)n(CCCc2c(Cl)cccc2Cl)c(=O)c2[n-]c(Cl)nc21.[Na+]. The molecule has 3 aromatic rings. The quantitative estimate of drug-likeness (QED) is 0.286. The third-order valence-corrected chi connectivity index (χ3v) is 5.51. The number of fused-ring (bicyclic) bond motifs is 1. The van der Waals surface area contributed by atoms with E-state index in [-0.39, 0.29) is 52.5 Å². The molecule has 0 aliphatic rings. The van der Waals surface area contributed by atoms with E-state index in [2.05, 4.69) is 16.9 Å². The zero-order chi connectivity index (χ0) is 20.3. The number of nitrogens with zero attached hydrogens (tertiary/aromatic N) is 4. The van der Waals surface area contributed by atoms with Gasteiger partial charge in [-0.3, -0.25) is 13.9 Å². The molecule has 2 heterocycles. The fraction of sp³-hybridized carbons (Fsp3) is 0.421. The first-order valence-electron chi connectivity index (χ1n) is 9.20. The molecule has 0 N–H and O–H groups in total. The number of aromatic nitrogens is 4. The summed E-state index contributed by atoms with van der Waals surface area (Å²) in [6, 6.07) is 5.31. The molecule has 0 aliphatic carbocycles.